The maximum Gasteiger partial charge on any atom is 0.281 e. The molecule has 3 heterocycles. The van der Waals surface area contributed by atoms with Crippen molar-refractivity contribution in [2.24, 2.45) is 0 Å². The maximum absolute atomic E-state index is 13.3. The highest BCUT2D eigenvalue weighted by Gasteiger charge is 2.26. The van der Waals surface area contributed by atoms with Gasteiger partial charge in [0.15, 0.2) is 11.2 Å². The zero-order valence-electron chi connectivity index (χ0n) is 14.9. The minimum atomic E-state index is -0.338. The summed E-state index contributed by atoms with van der Waals surface area (Å²) in [6.07, 6.45) is 1.58. The zero-order chi connectivity index (χ0) is 19.0. The third kappa shape index (κ3) is 3.44. The van der Waals surface area contributed by atoms with Crippen LogP contribution in [0.25, 0.3) is 11.2 Å². The number of piperidine rings is 1. The SMILES string of the molecule is Cc1nc2c(nnn2C2CCN(C(=O)Cc3cccc(F)c3)CC2)c(=O)[nH]1. The van der Waals surface area contributed by atoms with Crippen LogP contribution in [-0.2, 0) is 11.2 Å². The van der Waals surface area contributed by atoms with E-state index in [-0.39, 0.29) is 35.3 Å². The van der Waals surface area contributed by atoms with Gasteiger partial charge in [-0.1, -0.05) is 17.3 Å². The quantitative estimate of drug-likeness (QED) is 0.751. The highest BCUT2D eigenvalue weighted by Crippen LogP contribution is 2.24. The summed E-state index contributed by atoms with van der Waals surface area (Å²) < 4.78 is 15.0. The minimum Gasteiger partial charge on any atom is -0.342 e. The number of likely N-dealkylation sites (tertiary alicyclic amines) is 1. The lowest BCUT2D eigenvalue weighted by atomic mass is 10.0. The second-order valence-corrected chi connectivity index (χ2v) is 6.78. The zero-order valence-corrected chi connectivity index (χ0v) is 14.9. The molecule has 0 bridgehead atoms. The molecule has 27 heavy (non-hydrogen) atoms. The molecule has 0 unspecified atom stereocenters. The fourth-order valence-corrected chi connectivity index (χ4v) is 3.49. The number of benzene rings is 1. The molecule has 2 aromatic heterocycles. The van der Waals surface area contributed by atoms with Crippen LogP contribution in [0.3, 0.4) is 0 Å². The van der Waals surface area contributed by atoms with Gasteiger partial charge in [0.2, 0.25) is 5.91 Å². The monoisotopic (exact) mass is 370 g/mol. The molecule has 0 aliphatic carbocycles. The number of halogens is 1. The molecule has 0 atom stereocenters. The Kier molecular flexibility index (Phi) is 4.43. The summed E-state index contributed by atoms with van der Waals surface area (Å²) in [6.45, 7) is 2.86. The van der Waals surface area contributed by atoms with Gasteiger partial charge in [0, 0.05) is 13.1 Å². The number of fused-ring (bicyclic) bond motifs is 1. The molecule has 1 saturated heterocycles. The fourth-order valence-electron chi connectivity index (χ4n) is 3.49. The van der Waals surface area contributed by atoms with Crippen LogP contribution in [-0.4, -0.2) is 48.9 Å². The van der Waals surface area contributed by atoms with Crippen molar-refractivity contribution in [1.82, 2.24) is 29.9 Å². The number of aromatic amines is 1. The number of carbonyl (C=O) groups is 1. The van der Waals surface area contributed by atoms with E-state index in [4.69, 9.17) is 0 Å². The van der Waals surface area contributed by atoms with Gasteiger partial charge in [0.05, 0.1) is 12.5 Å². The number of hydrogen-bond donors (Lipinski definition) is 1. The number of nitrogens with one attached hydrogen (secondary N) is 1. The van der Waals surface area contributed by atoms with Crippen molar-refractivity contribution in [2.75, 3.05) is 13.1 Å². The van der Waals surface area contributed by atoms with E-state index in [1.807, 2.05) is 0 Å². The van der Waals surface area contributed by atoms with Gasteiger partial charge in [-0.3, -0.25) is 9.59 Å². The first-order chi connectivity index (χ1) is 13.0. The molecule has 1 aliphatic rings. The number of carbonyl (C=O) groups excluding carboxylic acids is 1. The molecule has 1 aromatic carbocycles. The predicted octanol–water partition coefficient (Wildman–Crippen LogP) is 1.37. The molecule has 0 saturated carbocycles. The number of aromatic nitrogens is 5. The number of nitrogens with zero attached hydrogens (tertiary/aromatic N) is 5. The summed E-state index contributed by atoms with van der Waals surface area (Å²) in [7, 11) is 0. The molecule has 140 valence electrons. The van der Waals surface area contributed by atoms with E-state index in [1.165, 1.54) is 12.1 Å². The topological polar surface area (TPSA) is 96.8 Å². The van der Waals surface area contributed by atoms with Crippen LogP contribution in [0.15, 0.2) is 29.1 Å². The predicted molar refractivity (Wildman–Crippen MR) is 95.6 cm³/mol. The Labute approximate surface area is 154 Å². The molecular weight excluding hydrogens is 351 g/mol. The number of aryl methyl sites for hydroxylation is 1. The van der Waals surface area contributed by atoms with Gasteiger partial charge >= 0.3 is 0 Å². The van der Waals surface area contributed by atoms with Crippen molar-refractivity contribution < 1.29 is 9.18 Å². The van der Waals surface area contributed by atoms with Gasteiger partial charge in [-0.05, 0) is 37.5 Å². The second kappa shape index (κ2) is 6.90. The Balaban J connectivity index is 1.45. The molecular formula is C18H19FN6O2. The molecule has 1 N–H and O–H groups in total. The lowest BCUT2D eigenvalue weighted by Crippen LogP contribution is -2.40. The standard InChI is InChI=1S/C18H19FN6O2/c1-11-20-17-16(18(27)21-11)22-23-25(17)14-5-7-24(8-6-14)15(26)10-12-3-2-4-13(19)9-12/h2-4,9,14H,5-8,10H2,1H3,(H,20,21,27). The van der Waals surface area contributed by atoms with Crippen LogP contribution >= 0.6 is 0 Å². The van der Waals surface area contributed by atoms with Crippen LogP contribution in [0.1, 0.15) is 30.3 Å². The summed E-state index contributed by atoms with van der Waals surface area (Å²) in [4.78, 5) is 33.2. The highest BCUT2D eigenvalue weighted by molar-refractivity contribution is 5.78. The number of hydrogen-bond acceptors (Lipinski definition) is 5. The van der Waals surface area contributed by atoms with Crippen LogP contribution < -0.4 is 5.56 Å². The largest absolute Gasteiger partial charge is 0.342 e. The van der Waals surface area contributed by atoms with E-state index in [2.05, 4.69) is 20.3 Å². The van der Waals surface area contributed by atoms with Crippen molar-refractivity contribution in [2.45, 2.75) is 32.2 Å². The summed E-state index contributed by atoms with van der Waals surface area (Å²) in [5.41, 5.74) is 1.07. The van der Waals surface area contributed by atoms with Gasteiger partial charge in [-0.2, -0.15) is 0 Å². The van der Waals surface area contributed by atoms with Gasteiger partial charge < -0.3 is 9.88 Å². The van der Waals surface area contributed by atoms with Crippen molar-refractivity contribution in [3.8, 4) is 0 Å². The third-order valence-electron chi connectivity index (χ3n) is 4.86. The summed E-state index contributed by atoms with van der Waals surface area (Å²) >= 11 is 0. The van der Waals surface area contributed by atoms with E-state index in [0.717, 1.165) is 0 Å². The van der Waals surface area contributed by atoms with Gasteiger partial charge in [0.1, 0.15) is 11.6 Å². The first-order valence-corrected chi connectivity index (χ1v) is 8.85. The van der Waals surface area contributed by atoms with Gasteiger partial charge in [0.25, 0.3) is 5.56 Å². The van der Waals surface area contributed by atoms with Crippen LogP contribution in [0.5, 0.6) is 0 Å². The Morgan fingerprint density at radius 3 is 2.85 bits per heavy atom. The Morgan fingerprint density at radius 1 is 1.33 bits per heavy atom. The fraction of sp³-hybridized carbons (Fsp3) is 0.389. The normalized spacial score (nSPS) is 15.4. The number of H-pyrrole nitrogens is 1. The molecule has 1 aliphatic heterocycles. The minimum absolute atomic E-state index is 0.0205. The first kappa shape index (κ1) is 17.3. The Hall–Kier alpha value is -3.10. The molecule has 1 fully saturated rings. The van der Waals surface area contributed by atoms with E-state index < -0.39 is 0 Å². The lowest BCUT2D eigenvalue weighted by molar-refractivity contribution is -0.131. The van der Waals surface area contributed by atoms with E-state index in [9.17, 15) is 14.0 Å². The molecule has 8 nitrogen and oxygen atoms in total. The van der Waals surface area contributed by atoms with E-state index in [0.29, 0.717) is 43.0 Å². The average Bonchev–Trinajstić information content (AvgIpc) is 3.06. The third-order valence-corrected chi connectivity index (χ3v) is 4.86. The average molecular weight is 370 g/mol. The number of rotatable bonds is 3. The van der Waals surface area contributed by atoms with Crippen LogP contribution in [0.2, 0.25) is 0 Å². The summed E-state index contributed by atoms with van der Waals surface area (Å²) in [5.74, 6) is 0.154. The van der Waals surface area contributed by atoms with E-state index >= 15 is 0 Å². The first-order valence-electron chi connectivity index (χ1n) is 8.85. The number of amides is 1. The maximum atomic E-state index is 13.3. The molecule has 1 amide bonds. The van der Waals surface area contributed by atoms with Gasteiger partial charge in [-0.15, -0.1) is 5.10 Å². The van der Waals surface area contributed by atoms with E-state index in [1.54, 1.807) is 28.6 Å². The Morgan fingerprint density at radius 2 is 2.11 bits per heavy atom. The van der Waals surface area contributed by atoms with Crippen LogP contribution in [0.4, 0.5) is 4.39 Å². The van der Waals surface area contributed by atoms with Crippen molar-refractivity contribution in [1.29, 1.82) is 0 Å². The van der Waals surface area contributed by atoms with Crippen molar-refractivity contribution >= 4 is 17.1 Å². The molecule has 0 spiro atoms. The summed E-state index contributed by atoms with van der Waals surface area (Å²) in [5, 5.41) is 8.05. The molecule has 0 radical (unpaired) electrons. The van der Waals surface area contributed by atoms with Crippen LogP contribution in [0, 0.1) is 12.7 Å². The molecule has 9 heteroatoms. The second-order valence-electron chi connectivity index (χ2n) is 6.78. The Bertz CT molecular complexity index is 1050. The molecule has 3 aromatic rings. The molecule has 4 rings (SSSR count). The summed E-state index contributed by atoms with van der Waals surface area (Å²) in [6, 6.07) is 6.14. The van der Waals surface area contributed by atoms with Crippen molar-refractivity contribution in [3.05, 3.63) is 51.8 Å². The van der Waals surface area contributed by atoms with Gasteiger partial charge in [-0.25, -0.2) is 14.1 Å². The lowest BCUT2D eigenvalue weighted by Gasteiger charge is -2.32. The highest BCUT2D eigenvalue weighted by atomic mass is 19.1. The smallest absolute Gasteiger partial charge is 0.281 e. The van der Waals surface area contributed by atoms with Crippen molar-refractivity contribution in [3.63, 3.8) is 0 Å².